The van der Waals surface area contributed by atoms with Crippen LogP contribution in [-0.4, -0.2) is 12.1 Å². The van der Waals surface area contributed by atoms with E-state index in [1.54, 1.807) is 0 Å². The van der Waals surface area contributed by atoms with Gasteiger partial charge in [-0.2, -0.15) is 0 Å². The van der Waals surface area contributed by atoms with E-state index in [1.807, 2.05) is 13.8 Å². The molecule has 0 saturated heterocycles. The van der Waals surface area contributed by atoms with E-state index in [2.05, 4.69) is 20.8 Å². The highest BCUT2D eigenvalue weighted by Crippen LogP contribution is 2.31. The average molecular weight is 226 g/mol. The van der Waals surface area contributed by atoms with Gasteiger partial charge in [-0.05, 0) is 24.7 Å². The lowest BCUT2D eigenvalue weighted by Gasteiger charge is -2.26. The van der Waals surface area contributed by atoms with Gasteiger partial charge in [-0.1, -0.05) is 41.0 Å². The Morgan fingerprint density at radius 3 is 2.00 bits per heavy atom. The molecule has 0 radical (unpaired) electrons. The molecule has 0 aliphatic heterocycles. The van der Waals surface area contributed by atoms with E-state index < -0.39 is 5.41 Å². The van der Waals surface area contributed by atoms with Crippen LogP contribution in [-0.2, 0) is 9.59 Å². The monoisotopic (exact) mass is 226 g/mol. The summed E-state index contributed by atoms with van der Waals surface area (Å²) in [6, 6.07) is 0. The van der Waals surface area contributed by atoms with Crippen LogP contribution < -0.4 is 0 Å². The van der Waals surface area contributed by atoms with Crippen LogP contribution in [0.15, 0.2) is 0 Å². The molecule has 2 nitrogen and oxygen atoms in total. The van der Waals surface area contributed by atoms with Crippen molar-refractivity contribution in [2.75, 3.05) is 0 Å². The molecule has 0 aromatic carbocycles. The lowest BCUT2D eigenvalue weighted by atomic mass is 9.75. The smallest absolute Gasteiger partial charge is 0.146 e. The van der Waals surface area contributed by atoms with Gasteiger partial charge in [-0.15, -0.1) is 0 Å². The fraction of sp³-hybridized carbons (Fsp3) is 0.857. The standard InChI is InChI=1S/C14H26O2/c1-6-9-14(7-2,11-15)12(16)8-10-13(3,4)5/h11H,6-10H2,1-5H3. The lowest BCUT2D eigenvalue weighted by Crippen LogP contribution is -2.32. The van der Waals surface area contributed by atoms with Crippen LogP contribution in [0.3, 0.4) is 0 Å². The van der Waals surface area contributed by atoms with Crippen LogP contribution in [0, 0.1) is 10.8 Å². The van der Waals surface area contributed by atoms with E-state index >= 15 is 0 Å². The summed E-state index contributed by atoms with van der Waals surface area (Å²) in [5, 5.41) is 0. The summed E-state index contributed by atoms with van der Waals surface area (Å²) < 4.78 is 0. The van der Waals surface area contributed by atoms with Crippen LogP contribution in [0.5, 0.6) is 0 Å². The molecule has 0 fully saturated rings. The summed E-state index contributed by atoms with van der Waals surface area (Å²) in [5.74, 6) is 0.127. The second-order valence-electron chi connectivity index (χ2n) is 5.86. The van der Waals surface area contributed by atoms with Gasteiger partial charge in [0.05, 0.1) is 5.41 Å². The topological polar surface area (TPSA) is 34.1 Å². The molecule has 2 heteroatoms. The molecule has 1 unspecified atom stereocenters. The van der Waals surface area contributed by atoms with Gasteiger partial charge in [0.15, 0.2) is 0 Å². The summed E-state index contributed by atoms with van der Waals surface area (Å²) >= 11 is 0. The number of carbonyl (C=O) groups is 2. The highest BCUT2D eigenvalue weighted by Gasteiger charge is 2.35. The maximum Gasteiger partial charge on any atom is 0.146 e. The molecule has 0 aromatic rings. The zero-order valence-electron chi connectivity index (χ0n) is 11.4. The zero-order chi connectivity index (χ0) is 12.8. The third-order valence-electron chi connectivity index (χ3n) is 3.21. The van der Waals surface area contributed by atoms with E-state index in [9.17, 15) is 9.59 Å². The van der Waals surface area contributed by atoms with Gasteiger partial charge < -0.3 is 4.79 Å². The van der Waals surface area contributed by atoms with Gasteiger partial charge in [0.25, 0.3) is 0 Å². The number of hydrogen-bond acceptors (Lipinski definition) is 2. The van der Waals surface area contributed by atoms with Gasteiger partial charge in [0.2, 0.25) is 0 Å². The highest BCUT2D eigenvalue weighted by atomic mass is 16.1. The van der Waals surface area contributed by atoms with Crippen molar-refractivity contribution in [3.8, 4) is 0 Å². The molecule has 0 aromatic heterocycles. The first-order valence-corrected chi connectivity index (χ1v) is 6.31. The highest BCUT2D eigenvalue weighted by molar-refractivity contribution is 5.98. The van der Waals surface area contributed by atoms with Gasteiger partial charge in [0, 0.05) is 6.42 Å². The molecule has 1 atom stereocenters. The molecule has 0 heterocycles. The Hall–Kier alpha value is -0.660. The van der Waals surface area contributed by atoms with Crippen LogP contribution in [0.2, 0.25) is 0 Å². The summed E-state index contributed by atoms with van der Waals surface area (Å²) in [6.45, 7) is 10.3. The lowest BCUT2D eigenvalue weighted by molar-refractivity contribution is -0.135. The Bertz CT molecular complexity index is 238. The van der Waals surface area contributed by atoms with E-state index in [1.165, 1.54) is 0 Å². The zero-order valence-corrected chi connectivity index (χ0v) is 11.4. The largest absolute Gasteiger partial charge is 0.302 e. The van der Waals surface area contributed by atoms with Crippen molar-refractivity contribution in [3.05, 3.63) is 0 Å². The number of hydrogen-bond donors (Lipinski definition) is 0. The molecule has 0 aliphatic carbocycles. The Kier molecular flexibility index (Phi) is 5.91. The first kappa shape index (κ1) is 15.3. The SMILES string of the molecule is CCCC(C=O)(CC)C(=O)CCC(C)(C)C. The third-order valence-corrected chi connectivity index (χ3v) is 3.21. The predicted molar refractivity (Wildman–Crippen MR) is 67.4 cm³/mol. The molecule has 0 rings (SSSR count). The fourth-order valence-electron chi connectivity index (χ4n) is 1.90. The first-order valence-electron chi connectivity index (χ1n) is 6.31. The number of Topliss-reactive ketones (excluding diaryl/α,β-unsaturated/α-hetero) is 1. The van der Waals surface area contributed by atoms with Crippen molar-refractivity contribution in [2.45, 2.75) is 66.7 Å². The van der Waals surface area contributed by atoms with E-state index in [0.717, 1.165) is 19.1 Å². The summed E-state index contributed by atoms with van der Waals surface area (Å²) in [4.78, 5) is 23.3. The van der Waals surface area contributed by atoms with Crippen molar-refractivity contribution in [2.24, 2.45) is 10.8 Å². The molecular weight excluding hydrogens is 200 g/mol. The number of rotatable bonds is 7. The van der Waals surface area contributed by atoms with Crippen molar-refractivity contribution in [1.29, 1.82) is 0 Å². The Morgan fingerprint density at radius 2 is 1.69 bits per heavy atom. The number of ketones is 1. The minimum atomic E-state index is -0.708. The van der Waals surface area contributed by atoms with Gasteiger partial charge in [-0.3, -0.25) is 4.79 Å². The van der Waals surface area contributed by atoms with Crippen molar-refractivity contribution >= 4 is 12.1 Å². The Balaban J connectivity index is 4.57. The molecular formula is C14H26O2. The summed E-state index contributed by atoms with van der Waals surface area (Å²) in [7, 11) is 0. The van der Waals surface area contributed by atoms with Crippen LogP contribution in [0.4, 0.5) is 0 Å². The van der Waals surface area contributed by atoms with Crippen LogP contribution in [0.1, 0.15) is 66.7 Å². The third kappa shape index (κ3) is 4.46. The quantitative estimate of drug-likeness (QED) is 0.489. The summed E-state index contributed by atoms with van der Waals surface area (Å²) in [6.07, 6.45) is 4.46. The van der Waals surface area contributed by atoms with Crippen molar-refractivity contribution in [3.63, 3.8) is 0 Å². The molecule has 0 N–H and O–H groups in total. The van der Waals surface area contributed by atoms with Crippen molar-refractivity contribution in [1.82, 2.24) is 0 Å². The second kappa shape index (κ2) is 6.17. The van der Waals surface area contributed by atoms with Crippen LogP contribution in [0.25, 0.3) is 0 Å². The maximum atomic E-state index is 12.1. The molecule has 0 saturated carbocycles. The molecule has 0 bridgehead atoms. The average Bonchev–Trinajstić information content (AvgIpc) is 2.21. The Labute approximate surface area is 99.8 Å². The number of aldehydes is 1. The minimum Gasteiger partial charge on any atom is -0.302 e. The Morgan fingerprint density at radius 1 is 1.12 bits per heavy atom. The molecule has 16 heavy (non-hydrogen) atoms. The maximum absolute atomic E-state index is 12.1. The number of carbonyl (C=O) groups excluding carboxylic acids is 2. The van der Waals surface area contributed by atoms with E-state index in [0.29, 0.717) is 19.3 Å². The minimum absolute atomic E-state index is 0.127. The fourth-order valence-corrected chi connectivity index (χ4v) is 1.90. The molecule has 0 aliphatic rings. The predicted octanol–water partition coefficient (Wildman–Crippen LogP) is 3.78. The molecule has 0 amide bonds. The first-order chi connectivity index (χ1) is 7.31. The van der Waals surface area contributed by atoms with Gasteiger partial charge >= 0.3 is 0 Å². The molecule has 0 spiro atoms. The van der Waals surface area contributed by atoms with E-state index in [-0.39, 0.29) is 11.2 Å². The van der Waals surface area contributed by atoms with Gasteiger partial charge in [0.1, 0.15) is 12.1 Å². The normalized spacial score (nSPS) is 15.6. The van der Waals surface area contributed by atoms with Crippen LogP contribution >= 0.6 is 0 Å². The molecule has 94 valence electrons. The second-order valence-corrected chi connectivity index (χ2v) is 5.86. The van der Waals surface area contributed by atoms with Crippen molar-refractivity contribution < 1.29 is 9.59 Å². The van der Waals surface area contributed by atoms with E-state index in [4.69, 9.17) is 0 Å². The summed E-state index contributed by atoms with van der Waals surface area (Å²) in [5.41, 5.74) is -0.551. The van der Waals surface area contributed by atoms with Gasteiger partial charge in [-0.25, -0.2) is 0 Å².